The van der Waals surface area contributed by atoms with Gasteiger partial charge in [0, 0.05) is 32.1 Å². The van der Waals surface area contributed by atoms with Gasteiger partial charge in [0.15, 0.2) is 5.96 Å². The highest BCUT2D eigenvalue weighted by Gasteiger charge is 2.26. The molecule has 0 radical (unpaired) electrons. The summed E-state index contributed by atoms with van der Waals surface area (Å²) in [5.74, 6) is 3.38. The Balaban J connectivity index is 0.00000300. The van der Waals surface area contributed by atoms with E-state index < -0.39 is 0 Å². The number of nitrogens with zero attached hydrogens (tertiary/aromatic N) is 2. The van der Waals surface area contributed by atoms with Crippen LogP contribution in [0.25, 0.3) is 0 Å². The molecule has 1 saturated heterocycles. The van der Waals surface area contributed by atoms with Crippen LogP contribution in [-0.4, -0.2) is 51.3 Å². The Morgan fingerprint density at radius 1 is 1.10 bits per heavy atom. The van der Waals surface area contributed by atoms with E-state index in [4.69, 9.17) is 14.5 Å². The molecule has 1 atom stereocenters. The van der Waals surface area contributed by atoms with E-state index >= 15 is 0 Å². The second kappa shape index (κ2) is 11.9. The monoisotopic (exact) mass is 509 g/mol. The highest BCUT2D eigenvalue weighted by atomic mass is 127. The molecule has 158 valence electrons. The Hall–Kier alpha value is -1.96. The van der Waals surface area contributed by atoms with Crippen LogP contribution in [0.15, 0.2) is 53.5 Å². The van der Waals surface area contributed by atoms with Crippen molar-refractivity contribution in [2.45, 2.75) is 25.7 Å². The quantitative estimate of drug-likeness (QED) is 0.343. The van der Waals surface area contributed by atoms with Crippen molar-refractivity contribution < 1.29 is 9.47 Å². The van der Waals surface area contributed by atoms with E-state index in [1.165, 1.54) is 11.1 Å². The fourth-order valence-corrected chi connectivity index (χ4v) is 3.72. The molecule has 6 heteroatoms. The average molecular weight is 509 g/mol. The SMILES string of the molecule is CCNC(=NCCc1ccccc1OC)N1CCC(c2ccc(OC)cc2)C1.I. The predicted molar refractivity (Wildman–Crippen MR) is 130 cm³/mol. The summed E-state index contributed by atoms with van der Waals surface area (Å²) < 4.78 is 10.7. The zero-order chi connectivity index (χ0) is 19.8. The number of rotatable bonds is 7. The van der Waals surface area contributed by atoms with Gasteiger partial charge in [-0.15, -0.1) is 24.0 Å². The molecule has 3 rings (SSSR count). The van der Waals surface area contributed by atoms with E-state index in [0.29, 0.717) is 5.92 Å². The normalized spacial score (nSPS) is 16.3. The Labute approximate surface area is 191 Å². The number of benzene rings is 2. The van der Waals surface area contributed by atoms with Crippen LogP contribution < -0.4 is 14.8 Å². The zero-order valence-corrected chi connectivity index (χ0v) is 19.9. The van der Waals surface area contributed by atoms with Crippen molar-refractivity contribution in [3.05, 3.63) is 59.7 Å². The topological polar surface area (TPSA) is 46.1 Å². The summed E-state index contributed by atoms with van der Waals surface area (Å²) >= 11 is 0. The molecule has 1 heterocycles. The summed E-state index contributed by atoms with van der Waals surface area (Å²) in [5, 5.41) is 3.45. The summed E-state index contributed by atoms with van der Waals surface area (Å²) in [6.07, 6.45) is 2.01. The number of aliphatic imine (C=N–C) groups is 1. The number of ether oxygens (including phenoxy) is 2. The first-order valence-electron chi connectivity index (χ1n) is 10.0. The van der Waals surface area contributed by atoms with E-state index in [9.17, 15) is 0 Å². The van der Waals surface area contributed by atoms with Crippen LogP contribution in [0.1, 0.15) is 30.4 Å². The molecule has 0 aromatic heterocycles. The average Bonchev–Trinajstić information content (AvgIpc) is 3.23. The maximum atomic E-state index is 5.45. The molecule has 0 bridgehead atoms. The standard InChI is InChI=1S/C23H31N3O2.HI/c1-4-24-23(25-15-13-19-7-5-6-8-22(19)28-3)26-16-14-20(17-26)18-9-11-21(27-2)12-10-18;/h5-12,20H,4,13-17H2,1-3H3,(H,24,25);1H. The third-order valence-electron chi connectivity index (χ3n) is 5.25. The van der Waals surface area contributed by atoms with Crippen molar-refractivity contribution in [3.8, 4) is 11.5 Å². The van der Waals surface area contributed by atoms with Crippen molar-refractivity contribution in [1.29, 1.82) is 0 Å². The maximum Gasteiger partial charge on any atom is 0.193 e. The van der Waals surface area contributed by atoms with Crippen LogP contribution in [0.3, 0.4) is 0 Å². The van der Waals surface area contributed by atoms with Crippen molar-refractivity contribution >= 4 is 29.9 Å². The van der Waals surface area contributed by atoms with E-state index in [1.807, 2.05) is 30.3 Å². The van der Waals surface area contributed by atoms with Crippen LogP contribution in [0.4, 0.5) is 0 Å². The number of halogens is 1. The molecule has 1 fully saturated rings. The number of hydrogen-bond donors (Lipinski definition) is 1. The van der Waals surface area contributed by atoms with Gasteiger partial charge in [-0.3, -0.25) is 4.99 Å². The van der Waals surface area contributed by atoms with Gasteiger partial charge in [-0.05, 0) is 49.1 Å². The van der Waals surface area contributed by atoms with Gasteiger partial charge in [0.1, 0.15) is 11.5 Å². The van der Waals surface area contributed by atoms with Gasteiger partial charge < -0.3 is 19.7 Å². The van der Waals surface area contributed by atoms with Gasteiger partial charge in [-0.1, -0.05) is 30.3 Å². The molecule has 1 aliphatic rings. The van der Waals surface area contributed by atoms with E-state index in [2.05, 4.69) is 35.3 Å². The minimum absolute atomic E-state index is 0. The first-order chi connectivity index (χ1) is 13.7. The lowest BCUT2D eigenvalue weighted by Crippen LogP contribution is -2.40. The van der Waals surface area contributed by atoms with Crippen molar-refractivity contribution in [3.63, 3.8) is 0 Å². The molecule has 29 heavy (non-hydrogen) atoms. The fourth-order valence-electron chi connectivity index (χ4n) is 3.72. The van der Waals surface area contributed by atoms with Gasteiger partial charge in [0.25, 0.3) is 0 Å². The molecule has 2 aromatic carbocycles. The molecule has 1 N–H and O–H groups in total. The number of hydrogen-bond acceptors (Lipinski definition) is 3. The van der Waals surface area contributed by atoms with Gasteiger partial charge >= 0.3 is 0 Å². The molecule has 0 spiro atoms. The minimum Gasteiger partial charge on any atom is -0.497 e. The third kappa shape index (κ3) is 6.26. The van der Waals surface area contributed by atoms with E-state index in [1.54, 1.807) is 14.2 Å². The highest BCUT2D eigenvalue weighted by molar-refractivity contribution is 14.0. The van der Waals surface area contributed by atoms with Crippen LogP contribution in [0.5, 0.6) is 11.5 Å². The molecule has 2 aromatic rings. The Bertz CT molecular complexity index is 780. The number of para-hydroxylation sites is 1. The Morgan fingerprint density at radius 2 is 1.86 bits per heavy atom. The fraction of sp³-hybridized carbons (Fsp3) is 0.435. The molecule has 0 aliphatic carbocycles. The van der Waals surface area contributed by atoms with Gasteiger partial charge in [-0.2, -0.15) is 0 Å². The number of guanidine groups is 1. The summed E-state index contributed by atoms with van der Waals surface area (Å²) in [7, 11) is 3.42. The molecular formula is C23H32IN3O2. The number of methoxy groups -OCH3 is 2. The van der Waals surface area contributed by atoms with Crippen LogP contribution in [0.2, 0.25) is 0 Å². The van der Waals surface area contributed by atoms with Crippen LogP contribution in [-0.2, 0) is 6.42 Å². The maximum absolute atomic E-state index is 5.45. The number of nitrogens with one attached hydrogen (secondary N) is 1. The molecule has 0 saturated carbocycles. The van der Waals surface area contributed by atoms with Gasteiger partial charge in [0.05, 0.1) is 14.2 Å². The van der Waals surface area contributed by atoms with Crippen LogP contribution >= 0.6 is 24.0 Å². The zero-order valence-electron chi connectivity index (χ0n) is 17.6. The lowest BCUT2D eigenvalue weighted by atomic mass is 9.98. The van der Waals surface area contributed by atoms with Gasteiger partial charge in [0.2, 0.25) is 0 Å². The van der Waals surface area contributed by atoms with Crippen molar-refractivity contribution in [2.24, 2.45) is 4.99 Å². The van der Waals surface area contributed by atoms with Crippen LogP contribution in [0, 0.1) is 0 Å². The summed E-state index contributed by atoms with van der Waals surface area (Å²) in [4.78, 5) is 7.25. The molecule has 0 amide bonds. The predicted octanol–water partition coefficient (Wildman–Crippen LogP) is 4.32. The van der Waals surface area contributed by atoms with E-state index in [0.717, 1.165) is 56.5 Å². The summed E-state index contributed by atoms with van der Waals surface area (Å²) in [6, 6.07) is 16.6. The highest BCUT2D eigenvalue weighted by Crippen LogP contribution is 2.28. The Morgan fingerprint density at radius 3 is 2.55 bits per heavy atom. The molecule has 1 aliphatic heterocycles. The van der Waals surface area contributed by atoms with Gasteiger partial charge in [-0.25, -0.2) is 0 Å². The van der Waals surface area contributed by atoms with Crippen molar-refractivity contribution in [1.82, 2.24) is 10.2 Å². The largest absolute Gasteiger partial charge is 0.497 e. The first kappa shape index (κ1) is 23.3. The van der Waals surface area contributed by atoms with Crippen molar-refractivity contribution in [2.75, 3.05) is 40.4 Å². The lowest BCUT2D eigenvalue weighted by Gasteiger charge is -2.22. The third-order valence-corrected chi connectivity index (χ3v) is 5.25. The second-order valence-electron chi connectivity index (χ2n) is 7.00. The number of likely N-dealkylation sites (tertiary alicyclic amines) is 1. The smallest absolute Gasteiger partial charge is 0.193 e. The first-order valence-corrected chi connectivity index (χ1v) is 10.0. The Kier molecular flexibility index (Phi) is 9.57. The summed E-state index contributed by atoms with van der Waals surface area (Å²) in [6.45, 7) is 5.75. The van der Waals surface area contributed by atoms with E-state index in [-0.39, 0.29) is 24.0 Å². The summed E-state index contributed by atoms with van der Waals surface area (Å²) in [5.41, 5.74) is 2.57. The lowest BCUT2D eigenvalue weighted by molar-refractivity contribution is 0.409. The molecule has 1 unspecified atom stereocenters. The molecular weight excluding hydrogens is 477 g/mol. The molecule has 5 nitrogen and oxygen atoms in total. The minimum atomic E-state index is 0. The second-order valence-corrected chi connectivity index (χ2v) is 7.00.